The predicted octanol–water partition coefficient (Wildman–Crippen LogP) is -1.01. The summed E-state index contributed by atoms with van der Waals surface area (Å²) in [4.78, 5) is 0. The van der Waals surface area contributed by atoms with Crippen LogP contribution >= 0.6 is 12.0 Å². The summed E-state index contributed by atoms with van der Waals surface area (Å²) in [5.74, 6) is 0.304. The molecule has 6 nitrogen and oxygen atoms in total. The molecule has 1 saturated heterocycles. The van der Waals surface area contributed by atoms with E-state index in [0.717, 1.165) is 38.1 Å². The van der Waals surface area contributed by atoms with Gasteiger partial charge in [0.1, 0.15) is 0 Å². The Bertz CT molecular complexity index is 156. The van der Waals surface area contributed by atoms with Crippen LogP contribution in [-0.4, -0.2) is 42.8 Å². The average Bonchev–Trinajstić information content (AvgIpc) is 2.28. The van der Waals surface area contributed by atoms with Gasteiger partial charge in [0, 0.05) is 37.8 Å². The average molecular weight is 238 g/mol. The summed E-state index contributed by atoms with van der Waals surface area (Å²) >= 11 is 0.799. The van der Waals surface area contributed by atoms with E-state index in [2.05, 4.69) is 14.7 Å². The third-order valence-electron chi connectivity index (χ3n) is 2.20. The molecule has 2 N–H and O–H groups in total. The Morgan fingerprint density at radius 2 is 2.27 bits per heavy atom. The first kappa shape index (κ1) is 13.2. The Morgan fingerprint density at radius 3 is 2.93 bits per heavy atom. The molecular formula is C8H16NO5S-. The number of nitrogens with one attached hydrogen (secondary N) is 1. The van der Waals surface area contributed by atoms with Crippen LogP contribution in [0.15, 0.2) is 0 Å². The van der Waals surface area contributed by atoms with Crippen molar-refractivity contribution in [2.45, 2.75) is 25.0 Å². The molecule has 1 heterocycles. The maximum atomic E-state index is 9.46. The van der Waals surface area contributed by atoms with Gasteiger partial charge in [-0.3, -0.25) is 5.04 Å². The van der Waals surface area contributed by atoms with Crippen molar-refractivity contribution in [1.29, 1.82) is 0 Å². The van der Waals surface area contributed by atoms with E-state index >= 15 is 0 Å². The zero-order valence-electron chi connectivity index (χ0n) is 8.39. The summed E-state index contributed by atoms with van der Waals surface area (Å²) in [7, 11) is 0. The van der Waals surface area contributed by atoms with Crippen molar-refractivity contribution in [2.75, 3.05) is 25.5 Å². The monoisotopic (exact) mass is 238 g/mol. The Kier molecular flexibility index (Phi) is 7.28. The molecule has 1 unspecified atom stereocenters. The van der Waals surface area contributed by atoms with E-state index in [-0.39, 0.29) is 0 Å². The van der Waals surface area contributed by atoms with Gasteiger partial charge in [0.25, 0.3) is 0 Å². The lowest BCUT2D eigenvalue weighted by molar-refractivity contribution is -0.777. The molecule has 1 atom stereocenters. The van der Waals surface area contributed by atoms with Gasteiger partial charge in [0.2, 0.25) is 0 Å². The largest absolute Gasteiger partial charge is 0.691 e. The van der Waals surface area contributed by atoms with Crippen molar-refractivity contribution < 1.29 is 24.5 Å². The highest BCUT2D eigenvalue weighted by Gasteiger charge is 2.14. The molecule has 1 aliphatic heterocycles. The maximum Gasteiger partial charge on any atom is 0.0778 e. The third-order valence-corrected chi connectivity index (χ3v) is 2.87. The lowest BCUT2D eigenvalue weighted by Gasteiger charge is -2.24. The summed E-state index contributed by atoms with van der Waals surface area (Å²) in [5.41, 5.74) is 0. The van der Waals surface area contributed by atoms with Crippen LogP contribution in [-0.2, 0) is 14.1 Å². The van der Waals surface area contributed by atoms with E-state index in [1.165, 1.54) is 0 Å². The van der Waals surface area contributed by atoms with Crippen LogP contribution < -0.4 is 10.6 Å². The van der Waals surface area contributed by atoms with Crippen molar-refractivity contribution in [3.63, 3.8) is 0 Å². The minimum Gasteiger partial charge on any atom is -0.691 e. The molecule has 15 heavy (non-hydrogen) atoms. The van der Waals surface area contributed by atoms with Gasteiger partial charge in [-0.1, -0.05) is 0 Å². The molecule has 0 amide bonds. The first-order valence-corrected chi connectivity index (χ1v) is 5.81. The van der Waals surface area contributed by atoms with Gasteiger partial charge in [-0.05, 0) is 12.8 Å². The van der Waals surface area contributed by atoms with Gasteiger partial charge in [-0.25, -0.2) is 0 Å². The molecule has 0 bridgehead atoms. The highest BCUT2D eigenvalue weighted by Crippen LogP contribution is 2.07. The maximum absolute atomic E-state index is 9.46. The minimum atomic E-state index is -0.548. The van der Waals surface area contributed by atoms with E-state index in [0.29, 0.717) is 18.3 Å². The third kappa shape index (κ3) is 6.31. The van der Waals surface area contributed by atoms with E-state index in [1.807, 2.05) is 0 Å². The normalized spacial score (nSPS) is 20.4. The van der Waals surface area contributed by atoms with Crippen molar-refractivity contribution >= 4 is 12.0 Å². The molecule has 0 aromatic rings. The van der Waals surface area contributed by atoms with Crippen LogP contribution in [0, 0.1) is 0 Å². The first-order chi connectivity index (χ1) is 7.33. The smallest absolute Gasteiger partial charge is 0.0778 e. The van der Waals surface area contributed by atoms with Crippen LogP contribution in [0.1, 0.15) is 12.8 Å². The van der Waals surface area contributed by atoms with E-state index in [1.54, 1.807) is 0 Å². The number of ether oxygens (including phenoxy) is 1. The Balaban J connectivity index is 1.97. The molecule has 0 saturated carbocycles. The van der Waals surface area contributed by atoms with E-state index < -0.39 is 6.10 Å². The predicted molar refractivity (Wildman–Crippen MR) is 52.5 cm³/mol. The minimum absolute atomic E-state index is 0.304. The fourth-order valence-electron chi connectivity index (χ4n) is 1.39. The molecule has 1 aliphatic rings. The van der Waals surface area contributed by atoms with Gasteiger partial charge < -0.3 is 20.4 Å². The van der Waals surface area contributed by atoms with Gasteiger partial charge in [-0.2, -0.15) is 4.33 Å². The Labute approximate surface area is 93.0 Å². The Morgan fingerprint density at radius 1 is 1.53 bits per heavy atom. The zero-order chi connectivity index (χ0) is 10.9. The molecule has 1 fully saturated rings. The van der Waals surface area contributed by atoms with Crippen molar-refractivity contribution in [3.8, 4) is 0 Å². The molecular weight excluding hydrogens is 222 g/mol. The highest BCUT2D eigenvalue weighted by atomic mass is 32.2. The van der Waals surface area contributed by atoms with Gasteiger partial charge in [0.15, 0.2) is 0 Å². The van der Waals surface area contributed by atoms with Crippen LogP contribution in [0.2, 0.25) is 0 Å². The second-order valence-corrected chi connectivity index (χ2v) is 4.07. The molecule has 90 valence electrons. The fraction of sp³-hybridized carbons (Fsp3) is 1.00. The van der Waals surface area contributed by atoms with Crippen molar-refractivity contribution in [2.24, 2.45) is 0 Å². The number of aliphatic hydroxyl groups is 1. The van der Waals surface area contributed by atoms with Crippen LogP contribution in [0.25, 0.3) is 0 Å². The summed E-state index contributed by atoms with van der Waals surface area (Å²) in [5, 5.41) is 25.3. The van der Waals surface area contributed by atoms with Crippen LogP contribution in [0.5, 0.6) is 0 Å². The molecule has 7 heteroatoms. The van der Waals surface area contributed by atoms with E-state index in [4.69, 9.17) is 4.74 Å². The van der Waals surface area contributed by atoms with Gasteiger partial charge in [0.05, 0.1) is 11.9 Å². The van der Waals surface area contributed by atoms with E-state index in [9.17, 15) is 10.4 Å². The summed E-state index contributed by atoms with van der Waals surface area (Å²) in [6, 6.07) is 0.412. The topological polar surface area (TPSA) is 83.0 Å². The second-order valence-electron chi connectivity index (χ2n) is 3.37. The highest BCUT2D eigenvalue weighted by molar-refractivity contribution is 7.94. The SMILES string of the molecule is [O-]OOSCC(O)CNC1CCOCC1. The second kappa shape index (κ2) is 8.28. The Hall–Kier alpha value is 0.110. The first-order valence-electron chi connectivity index (χ1n) is 4.90. The molecule has 0 aliphatic carbocycles. The molecule has 0 spiro atoms. The number of hydrogen-bond donors (Lipinski definition) is 2. The molecule has 0 aromatic heterocycles. The fourth-order valence-corrected chi connectivity index (χ4v) is 1.76. The lowest BCUT2D eigenvalue weighted by Crippen LogP contribution is -2.39. The standard InChI is InChI=1S/C8H17NO5S/c10-8(6-15-14-13-11)5-9-7-1-3-12-4-2-7/h7-11H,1-6H2/p-1. The molecule has 0 aromatic carbocycles. The molecule has 0 radical (unpaired) electrons. The van der Waals surface area contributed by atoms with Gasteiger partial charge >= 0.3 is 0 Å². The van der Waals surface area contributed by atoms with Crippen molar-refractivity contribution in [3.05, 3.63) is 0 Å². The zero-order valence-corrected chi connectivity index (χ0v) is 9.20. The number of aliphatic hydroxyl groups excluding tert-OH is 1. The number of hydrogen-bond acceptors (Lipinski definition) is 7. The lowest BCUT2D eigenvalue weighted by atomic mass is 10.1. The summed E-state index contributed by atoms with van der Waals surface area (Å²) < 4.78 is 9.26. The molecule has 1 rings (SSSR count). The quantitative estimate of drug-likeness (QED) is 0.254. The van der Waals surface area contributed by atoms with Crippen LogP contribution in [0.3, 0.4) is 0 Å². The van der Waals surface area contributed by atoms with Crippen LogP contribution in [0.4, 0.5) is 0 Å². The van der Waals surface area contributed by atoms with Gasteiger partial charge in [-0.15, -0.1) is 0 Å². The summed E-state index contributed by atoms with van der Waals surface area (Å²) in [6.07, 6.45) is 1.40. The van der Waals surface area contributed by atoms with Crippen molar-refractivity contribution in [1.82, 2.24) is 5.32 Å². The number of rotatable bonds is 7. The summed E-state index contributed by atoms with van der Waals surface area (Å²) in [6.45, 7) is 2.03.